The van der Waals surface area contributed by atoms with Crippen LogP contribution in [-0.4, -0.2) is 33.0 Å². The topological polar surface area (TPSA) is 98.3 Å². The van der Waals surface area contributed by atoms with E-state index in [9.17, 15) is 4.79 Å². The molecule has 3 aromatic heterocycles. The third-order valence-electron chi connectivity index (χ3n) is 5.72. The van der Waals surface area contributed by atoms with Crippen molar-refractivity contribution in [2.75, 3.05) is 7.11 Å². The lowest BCUT2D eigenvalue weighted by molar-refractivity contribution is 0.393. The number of aromatic amines is 1. The maximum Gasteiger partial charge on any atom is 0.327 e. The largest absolute Gasteiger partial charge is 0.496 e. The lowest BCUT2D eigenvalue weighted by Gasteiger charge is -2.16. The minimum Gasteiger partial charge on any atom is -0.496 e. The summed E-state index contributed by atoms with van der Waals surface area (Å²) in [5.74, 6) is 1.35. The summed E-state index contributed by atoms with van der Waals surface area (Å²) in [7, 11) is 1.62. The van der Waals surface area contributed by atoms with Crippen LogP contribution in [0.25, 0.3) is 33.1 Å². The number of allylic oxidation sites excluding steroid dienone is 4. The molecule has 8 nitrogen and oxygen atoms in total. The molecule has 0 fully saturated rings. The third kappa shape index (κ3) is 3.77. The number of ether oxygens (including phenoxy) is 1. The molecular weight excluding hydrogens is 418 g/mol. The van der Waals surface area contributed by atoms with Gasteiger partial charge in [-0.2, -0.15) is 0 Å². The second-order valence-electron chi connectivity index (χ2n) is 7.77. The number of fused-ring (bicyclic) bond motifs is 3. The van der Waals surface area contributed by atoms with Gasteiger partial charge in [-0.1, -0.05) is 17.3 Å². The SMILES string of the molecule is CC=N/C(=C\C=C/C)[C@@H](C)n1c(=O)[nH]c2cnc3cc(-c4c(C)noc4C)c(OC)cc3c21. The first-order chi connectivity index (χ1) is 15.9. The van der Waals surface area contributed by atoms with Crippen molar-refractivity contribution in [3.8, 4) is 16.9 Å². The number of benzene rings is 1. The fourth-order valence-electron chi connectivity index (χ4n) is 4.20. The number of aliphatic imine (C=N–C) groups is 1. The highest BCUT2D eigenvalue weighted by Crippen LogP contribution is 2.39. The summed E-state index contributed by atoms with van der Waals surface area (Å²) in [4.78, 5) is 25.1. The average molecular weight is 446 g/mol. The summed E-state index contributed by atoms with van der Waals surface area (Å²) in [6.45, 7) is 9.51. The Morgan fingerprint density at radius 3 is 2.73 bits per heavy atom. The monoisotopic (exact) mass is 445 g/mol. The summed E-state index contributed by atoms with van der Waals surface area (Å²) in [6.07, 6.45) is 9.16. The van der Waals surface area contributed by atoms with Crippen molar-refractivity contribution < 1.29 is 9.26 Å². The highest BCUT2D eigenvalue weighted by atomic mass is 16.5. The first-order valence-electron chi connectivity index (χ1n) is 10.8. The van der Waals surface area contributed by atoms with Gasteiger partial charge in [-0.05, 0) is 52.8 Å². The normalized spacial score (nSPS) is 13.7. The van der Waals surface area contributed by atoms with Gasteiger partial charge in [0, 0.05) is 17.2 Å². The van der Waals surface area contributed by atoms with E-state index in [0.29, 0.717) is 17.0 Å². The predicted octanol–water partition coefficient (Wildman–Crippen LogP) is 5.27. The molecule has 0 bridgehead atoms. The average Bonchev–Trinajstić information content (AvgIpc) is 3.32. The van der Waals surface area contributed by atoms with Gasteiger partial charge in [0.15, 0.2) is 0 Å². The first-order valence-corrected chi connectivity index (χ1v) is 10.8. The molecule has 0 saturated carbocycles. The number of aryl methyl sites for hydroxylation is 2. The van der Waals surface area contributed by atoms with Gasteiger partial charge in [-0.25, -0.2) is 4.79 Å². The van der Waals surface area contributed by atoms with Gasteiger partial charge in [0.2, 0.25) is 0 Å². The smallest absolute Gasteiger partial charge is 0.327 e. The molecule has 170 valence electrons. The molecule has 0 aliphatic rings. The van der Waals surface area contributed by atoms with Gasteiger partial charge in [0.1, 0.15) is 11.5 Å². The molecule has 1 aromatic carbocycles. The lowest BCUT2D eigenvalue weighted by Crippen LogP contribution is -2.21. The molecule has 4 rings (SSSR count). The molecule has 0 amide bonds. The minimum atomic E-state index is -0.308. The van der Waals surface area contributed by atoms with Crippen molar-refractivity contribution >= 4 is 28.2 Å². The Labute approximate surface area is 191 Å². The molecule has 0 saturated heterocycles. The van der Waals surface area contributed by atoms with E-state index in [1.165, 1.54) is 0 Å². The summed E-state index contributed by atoms with van der Waals surface area (Å²) in [5.41, 5.74) is 5.17. The Morgan fingerprint density at radius 2 is 2.09 bits per heavy atom. The zero-order valence-electron chi connectivity index (χ0n) is 19.6. The number of hydrogen-bond donors (Lipinski definition) is 1. The van der Waals surface area contributed by atoms with Crippen LogP contribution in [0.1, 0.15) is 38.3 Å². The number of hydrogen-bond acceptors (Lipinski definition) is 6. The van der Waals surface area contributed by atoms with Crippen molar-refractivity contribution in [3.63, 3.8) is 0 Å². The molecule has 0 aliphatic heterocycles. The number of aromatic nitrogens is 4. The number of imidazole rings is 1. The summed E-state index contributed by atoms with van der Waals surface area (Å²) < 4.78 is 12.8. The van der Waals surface area contributed by atoms with Crippen LogP contribution in [0.15, 0.2) is 56.6 Å². The van der Waals surface area contributed by atoms with E-state index >= 15 is 0 Å². The van der Waals surface area contributed by atoms with Crippen LogP contribution in [-0.2, 0) is 0 Å². The van der Waals surface area contributed by atoms with E-state index in [1.54, 1.807) is 24.1 Å². The minimum absolute atomic E-state index is 0.224. The fraction of sp³-hybridized carbons (Fsp3) is 0.280. The molecular formula is C25H27N5O3. The van der Waals surface area contributed by atoms with Crippen LogP contribution in [0.5, 0.6) is 5.75 Å². The van der Waals surface area contributed by atoms with Crippen LogP contribution in [0, 0.1) is 13.8 Å². The van der Waals surface area contributed by atoms with Gasteiger partial charge < -0.3 is 14.2 Å². The summed E-state index contributed by atoms with van der Waals surface area (Å²) >= 11 is 0. The van der Waals surface area contributed by atoms with E-state index < -0.39 is 0 Å². The fourth-order valence-corrected chi connectivity index (χ4v) is 4.20. The van der Waals surface area contributed by atoms with Gasteiger partial charge in [0.05, 0.1) is 52.9 Å². The quantitative estimate of drug-likeness (QED) is 0.322. The number of rotatable bonds is 6. The van der Waals surface area contributed by atoms with E-state index in [-0.39, 0.29) is 11.7 Å². The van der Waals surface area contributed by atoms with Crippen LogP contribution in [0.3, 0.4) is 0 Å². The van der Waals surface area contributed by atoms with Crippen LogP contribution >= 0.6 is 0 Å². The van der Waals surface area contributed by atoms with E-state index in [0.717, 1.165) is 38.9 Å². The molecule has 0 spiro atoms. The van der Waals surface area contributed by atoms with Gasteiger partial charge >= 0.3 is 5.69 Å². The molecule has 8 heteroatoms. The molecule has 1 atom stereocenters. The van der Waals surface area contributed by atoms with Crippen molar-refractivity contribution in [3.05, 3.63) is 64.2 Å². The first kappa shape index (κ1) is 22.3. The van der Waals surface area contributed by atoms with Crippen molar-refractivity contribution in [1.29, 1.82) is 0 Å². The van der Waals surface area contributed by atoms with Gasteiger partial charge in [-0.15, -0.1) is 0 Å². The van der Waals surface area contributed by atoms with E-state index in [2.05, 4.69) is 20.1 Å². The molecule has 0 radical (unpaired) electrons. The highest BCUT2D eigenvalue weighted by Gasteiger charge is 2.22. The number of H-pyrrole nitrogens is 1. The molecule has 33 heavy (non-hydrogen) atoms. The predicted molar refractivity (Wildman–Crippen MR) is 131 cm³/mol. The van der Waals surface area contributed by atoms with E-state index in [4.69, 9.17) is 9.26 Å². The van der Waals surface area contributed by atoms with Crippen molar-refractivity contribution in [2.24, 2.45) is 4.99 Å². The van der Waals surface area contributed by atoms with Crippen LogP contribution in [0.4, 0.5) is 0 Å². The maximum atomic E-state index is 13.0. The molecule has 0 unspecified atom stereocenters. The number of nitrogens with one attached hydrogen (secondary N) is 1. The highest BCUT2D eigenvalue weighted by molar-refractivity contribution is 6.04. The number of pyridine rings is 1. The second-order valence-corrected chi connectivity index (χ2v) is 7.77. The lowest BCUT2D eigenvalue weighted by atomic mass is 10.0. The summed E-state index contributed by atoms with van der Waals surface area (Å²) in [5, 5.41) is 4.88. The van der Waals surface area contributed by atoms with Gasteiger partial charge in [-0.3, -0.25) is 14.5 Å². The summed E-state index contributed by atoms with van der Waals surface area (Å²) in [6, 6.07) is 3.56. The Bertz CT molecular complexity index is 1460. The second kappa shape index (κ2) is 8.90. The Kier molecular flexibility index (Phi) is 6.00. The van der Waals surface area contributed by atoms with Gasteiger partial charge in [0.25, 0.3) is 0 Å². The zero-order chi connectivity index (χ0) is 23.7. The Hall–Kier alpha value is -3.94. The Balaban J connectivity index is 2.03. The maximum absolute atomic E-state index is 13.0. The number of nitrogens with zero attached hydrogens (tertiary/aromatic N) is 4. The zero-order valence-corrected chi connectivity index (χ0v) is 19.6. The van der Waals surface area contributed by atoms with Crippen molar-refractivity contribution in [1.82, 2.24) is 19.7 Å². The third-order valence-corrected chi connectivity index (χ3v) is 5.72. The standard InChI is InChI=1S/C25H27N5O3/c1-7-9-10-19(26-8-2)15(4)30-24-17-12-22(32-6)18(23-14(3)29-33-16(23)5)11-20(17)27-13-21(24)28-25(30)31/h7-13,15H,1-6H3,(H,28,31)/b9-7-,19-10-,26-8?/t15-/m1/s1. The van der Waals surface area contributed by atoms with E-state index in [1.807, 2.05) is 65.0 Å². The molecule has 1 N–H and O–H groups in total. The van der Waals surface area contributed by atoms with Crippen molar-refractivity contribution in [2.45, 2.75) is 40.7 Å². The van der Waals surface area contributed by atoms with Crippen LogP contribution < -0.4 is 10.4 Å². The van der Waals surface area contributed by atoms with Crippen LogP contribution in [0.2, 0.25) is 0 Å². The molecule has 3 heterocycles. The molecule has 0 aliphatic carbocycles. The molecule has 4 aromatic rings. The Morgan fingerprint density at radius 1 is 1.30 bits per heavy atom. The number of methoxy groups -OCH3 is 1.